The van der Waals surface area contributed by atoms with Gasteiger partial charge in [-0.05, 0) is 41.7 Å². The summed E-state index contributed by atoms with van der Waals surface area (Å²) in [6.07, 6.45) is 4.17. The Morgan fingerprint density at radius 3 is 2.27 bits per heavy atom. The molecule has 154 valence electrons. The van der Waals surface area contributed by atoms with Crippen molar-refractivity contribution >= 4 is 12.0 Å². The minimum absolute atomic E-state index is 0.0329. The first kappa shape index (κ1) is 21.4. The lowest BCUT2D eigenvalue weighted by Crippen LogP contribution is -2.32. The molecule has 1 amide bonds. The average molecular weight is 400 g/mol. The molecule has 3 rings (SSSR count). The maximum Gasteiger partial charge on any atom is 0.228 e. The van der Waals surface area contributed by atoms with Crippen LogP contribution in [0.4, 0.5) is 0 Å². The van der Waals surface area contributed by atoms with Crippen molar-refractivity contribution in [1.29, 1.82) is 0 Å². The number of aryl methyl sites for hydroxylation is 1. The lowest BCUT2D eigenvalue weighted by molar-refractivity contribution is -0.123. The van der Waals surface area contributed by atoms with Gasteiger partial charge in [-0.25, -0.2) is 0 Å². The molecule has 0 bridgehead atoms. The van der Waals surface area contributed by atoms with E-state index in [1.165, 1.54) is 5.56 Å². The van der Waals surface area contributed by atoms with Gasteiger partial charge in [-0.2, -0.15) is 0 Å². The standard InChI is InChI=1S/C27H29NO2/c1-20-9-15-24(16-10-20)26(27(29)28-19-23-7-5-4-6-8-23)21(2)11-12-22-13-17-25(30-3)18-14-22/h4-18,21,26H,19H2,1-3H3,(H,28,29)/b12-11+/t21-,26+/m1/s1. The molecule has 2 atom stereocenters. The summed E-state index contributed by atoms with van der Waals surface area (Å²) < 4.78 is 5.22. The van der Waals surface area contributed by atoms with Gasteiger partial charge in [0.25, 0.3) is 0 Å². The van der Waals surface area contributed by atoms with E-state index < -0.39 is 0 Å². The number of amides is 1. The van der Waals surface area contributed by atoms with Crippen molar-refractivity contribution in [3.8, 4) is 5.75 Å². The number of carbonyl (C=O) groups excluding carboxylic acids is 1. The van der Waals surface area contributed by atoms with Gasteiger partial charge in [0.1, 0.15) is 5.75 Å². The lowest BCUT2D eigenvalue weighted by Gasteiger charge is -2.22. The fraction of sp³-hybridized carbons (Fsp3) is 0.222. The highest BCUT2D eigenvalue weighted by Crippen LogP contribution is 2.27. The molecule has 0 heterocycles. The minimum atomic E-state index is -0.260. The molecular weight excluding hydrogens is 370 g/mol. The van der Waals surface area contributed by atoms with Crippen LogP contribution in [-0.4, -0.2) is 13.0 Å². The SMILES string of the molecule is COc1ccc(/C=C/[C@@H](C)[C@H](C(=O)NCc2ccccc2)c2ccc(C)cc2)cc1. The number of ether oxygens (including phenoxy) is 1. The van der Waals surface area contributed by atoms with E-state index >= 15 is 0 Å². The van der Waals surface area contributed by atoms with Gasteiger partial charge in [0, 0.05) is 6.54 Å². The highest BCUT2D eigenvalue weighted by atomic mass is 16.5. The van der Waals surface area contributed by atoms with Crippen molar-refractivity contribution in [2.75, 3.05) is 7.11 Å². The Hall–Kier alpha value is -3.33. The number of benzene rings is 3. The van der Waals surface area contributed by atoms with Crippen molar-refractivity contribution in [1.82, 2.24) is 5.32 Å². The second-order valence-corrected chi connectivity index (χ2v) is 7.58. The zero-order valence-electron chi connectivity index (χ0n) is 17.8. The Bertz CT molecular complexity index is 960. The highest BCUT2D eigenvalue weighted by molar-refractivity contribution is 5.84. The minimum Gasteiger partial charge on any atom is -0.497 e. The highest BCUT2D eigenvalue weighted by Gasteiger charge is 2.25. The largest absolute Gasteiger partial charge is 0.497 e. The summed E-state index contributed by atoms with van der Waals surface area (Å²) in [7, 11) is 1.66. The first-order chi connectivity index (χ1) is 14.6. The maximum atomic E-state index is 13.2. The lowest BCUT2D eigenvalue weighted by atomic mass is 9.85. The predicted molar refractivity (Wildman–Crippen MR) is 123 cm³/mol. The summed E-state index contributed by atoms with van der Waals surface area (Å²) in [5, 5.41) is 3.12. The fourth-order valence-electron chi connectivity index (χ4n) is 3.45. The van der Waals surface area contributed by atoms with Gasteiger partial charge < -0.3 is 10.1 Å². The van der Waals surface area contributed by atoms with Gasteiger partial charge in [-0.1, -0.05) is 91.4 Å². The Morgan fingerprint density at radius 1 is 0.967 bits per heavy atom. The van der Waals surface area contributed by atoms with E-state index in [2.05, 4.69) is 55.6 Å². The number of allylic oxidation sites excluding steroid dienone is 1. The summed E-state index contributed by atoms with van der Waals surface area (Å²) in [6, 6.07) is 26.1. The molecule has 0 spiro atoms. The first-order valence-corrected chi connectivity index (χ1v) is 10.3. The molecule has 30 heavy (non-hydrogen) atoms. The first-order valence-electron chi connectivity index (χ1n) is 10.3. The zero-order chi connectivity index (χ0) is 21.3. The molecule has 0 fully saturated rings. The predicted octanol–water partition coefficient (Wildman–Crippen LogP) is 5.75. The number of hydrogen-bond donors (Lipinski definition) is 1. The van der Waals surface area contributed by atoms with Gasteiger partial charge in [0.15, 0.2) is 0 Å². The van der Waals surface area contributed by atoms with Gasteiger partial charge >= 0.3 is 0 Å². The van der Waals surface area contributed by atoms with Crippen LogP contribution in [0.15, 0.2) is 84.9 Å². The van der Waals surface area contributed by atoms with E-state index in [0.29, 0.717) is 6.54 Å². The van der Waals surface area contributed by atoms with E-state index in [9.17, 15) is 4.79 Å². The van der Waals surface area contributed by atoms with E-state index in [0.717, 1.165) is 22.4 Å². The number of rotatable bonds is 8. The van der Waals surface area contributed by atoms with Crippen LogP contribution in [0, 0.1) is 12.8 Å². The van der Waals surface area contributed by atoms with Crippen molar-refractivity contribution < 1.29 is 9.53 Å². The number of carbonyl (C=O) groups is 1. The second-order valence-electron chi connectivity index (χ2n) is 7.58. The molecule has 0 saturated heterocycles. The Morgan fingerprint density at radius 2 is 1.63 bits per heavy atom. The smallest absolute Gasteiger partial charge is 0.228 e. The molecule has 1 N–H and O–H groups in total. The average Bonchev–Trinajstić information content (AvgIpc) is 2.79. The van der Waals surface area contributed by atoms with Crippen molar-refractivity contribution in [3.05, 3.63) is 107 Å². The second kappa shape index (κ2) is 10.4. The molecule has 3 aromatic carbocycles. The number of nitrogens with one attached hydrogen (secondary N) is 1. The molecule has 0 saturated carbocycles. The van der Waals surface area contributed by atoms with Crippen LogP contribution < -0.4 is 10.1 Å². The van der Waals surface area contributed by atoms with Crippen LogP contribution in [0.2, 0.25) is 0 Å². The van der Waals surface area contributed by atoms with E-state index in [-0.39, 0.29) is 17.7 Å². The van der Waals surface area contributed by atoms with Gasteiger partial charge in [-0.15, -0.1) is 0 Å². The summed E-state index contributed by atoms with van der Waals surface area (Å²) >= 11 is 0. The molecule has 0 aliphatic heterocycles. The van der Waals surface area contributed by atoms with Crippen LogP contribution >= 0.6 is 0 Å². The Kier molecular flexibility index (Phi) is 7.45. The molecule has 0 aromatic heterocycles. The van der Waals surface area contributed by atoms with Crippen LogP contribution in [0.1, 0.15) is 35.1 Å². The van der Waals surface area contributed by atoms with Gasteiger partial charge in [0.2, 0.25) is 5.91 Å². The van der Waals surface area contributed by atoms with Crippen LogP contribution in [0.3, 0.4) is 0 Å². The van der Waals surface area contributed by atoms with Crippen LogP contribution in [0.25, 0.3) is 6.08 Å². The van der Waals surface area contributed by atoms with E-state index in [1.807, 2.05) is 54.6 Å². The fourth-order valence-corrected chi connectivity index (χ4v) is 3.45. The maximum absolute atomic E-state index is 13.2. The van der Waals surface area contributed by atoms with Crippen molar-refractivity contribution in [2.24, 2.45) is 5.92 Å². The molecule has 0 aliphatic rings. The summed E-state index contributed by atoms with van der Waals surface area (Å²) in [5.41, 5.74) is 4.38. The summed E-state index contributed by atoms with van der Waals surface area (Å²) in [6.45, 7) is 4.67. The third kappa shape index (κ3) is 5.84. The Labute approximate surface area is 179 Å². The molecule has 0 radical (unpaired) electrons. The third-order valence-electron chi connectivity index (χ3n) is 5.26. The van der Waals surface area contributed by atoms with Crippen molar-refractivity contribution in [2.45, 2.75) is 26.3 Å². The summed E-state index contributed by atoms with van der Waals surface area (Å²) in [4.78, 5) is 13.2. The zero-order valence-corrected chi connectivity index (χ0v) is 17.8. The number of hydrogen-bond acceptors (Lipinski definition) is 2. The number of methoxy groups -OCH3 is 1. The van der Waals surface area contributed by atoms with Crippen LogP contribution in [-0.2, 0) is 11.3 Å². The molecule has 0 aliphatic carbocycles. The molecule has 3 heteroatoms. The van der Waals surface area contributed by atoms with Gasteiger partial charge in [-0.3, -0.25) is 4.79 Å². The topological polar surface area (TPSA) is 38.3 Å². The van der Waals surface area contributed by atoms with E-state index in [1.54, 1.807) is 7.11 Å². The van der Waals surface area contributed by atoms with Crippen molar-refractivity contribution in [3.63, 3.8) is 0 Å². The monoisotopic (exact) mass is 399 g/mol. The molecule has 3 aromatic rings. The summed E-state index contributed by atoms with van der Waals surface area (Å²) in [5.74, 6) is 0.641. The molecule has 3 nitrogen and oxygen atoms in total. The normalized spacial score (nSPS) is 13.0. The molecular formula is C27H29NO2. The van der Waals surface area contributed by atoms with E-state index in [4.69, 9.17) is 4.74 Å². The Balaban J connectivity index is 1.77. The quantitative estimate of drug-likeness (QED) is 0.523. The van der Waals surface area contributed by atoms with Crippen LogP contribution in [0.5, 0.6) is 5.75 Å². The van der Waals surface area contributed by atoms with Gasteiger partial charge in [0.05, 0.1) is 13.0 Å². The molecule has 0 unspecified atom stereocenters. The third-order valence-corrected chi connectivity index (χ3v) is 5.26.